The first kappa shape index (κ1) is 39.5. The number of rotatable bonds is 18. The number of carboxylic acid groups (broad SMARTS) is 1. The molecule has 17 nitrogen and oxygen atoms in total. The molecule has 6 atom stereocenters. The molecular formula is C29H48N8O9. The van der Waals surface area contributed by atoms with Crippen LogP contribution in [0.5, 0.6) is 0 Å². The van der Waals surface area contributed by atoms with E-state index in [4.69, 9.17) is 5.11 Å². The molecule has 6 amide bonds. The number of hydrogen-bond donors (Lipinski definition) is 9. The van der Waals surface area contributed by atoms with E-state index in [1.807, 2.05) is 0 Å². The summed E-state index contributed by atoms with van der Waals surface area (Å²) in [5.41, 5.74) is 0.588. The van der Waals surface area contributed by atoms with Crippen LogP contribution in [-0.2, 0) is 40.0 Å². The summed E-state index contributed by atoms with van der Waals surface area (Å²) in [6, 6.07) is -5.93. The van der Waals surface area contributed by atoms with Crippen LogP contribution in [0, 0.1) is 17.8 Å². The Morgan fingerprint density at radius 2 is 1.20 bits per heavy atom. The number of aliphatic hydroxyl groups is 1. The lowest BCUT2D eigenvalue weighted by molar-refractivity contribution is -0.144. The van der Waals surface area contributed by atoms with Crippen molar-refractivity contribution in [2.24, 2.45) is 17.8 Å². The summed E-state index contributed by atoms with van der Waals surface area (Å²) in [4.78, 5) is 94.8. The average molecular weight is 653 g/mol. The van der Waals surface area contributed by atoms with Gasteiger partial charge in [0.15, 0.2) is 6.04 Å². The number of aromatic amines is 1. The molecule has 0 unspecified atom stereocenters. The third kappa shape index (κ3) is 12.8. The smallest absolute Gasteiger partial charge is 0.328 e. The lowest BCUT2D eigenvalue weighted by atomic mass is 9.97. The predicted octanol–water partition coefficient (Wildman–Crippen LogP) is -2.05. The number of carbonyl (C=O) groups is 7. The third-order valence-corrected chi connectivity index (χ3v) is 6.90. The quantitative estimate of drug-likeness (QED) is 0.0838. The number of amides is 6. The molecule has 17 heteroatoms. The van der Waals surface area contributed by atoms with Crippen LogP contribution in [0.4, 0.5) is 0 Å². The van der Waals surface area contributed by atoms with Crippen molar-refractivity contribution >= 4 is 41.4 Å². The van der Waals surface area contributed by atoms with Gasteiger partial charge in [0.2, 0.25) is 35.4 Å². The van der Waals surface area contributed by atoms with Crippen LogP contribution in [0.1, 0.15) is 61.1 Å². The largest absolute Gasteiger partial charge is 0.480 e. The van der Waals surface area contributed by atoms with E-state index in [-0.39, 0.29) is 6.42 Å². The fourth-order valence-corrected chi connectivity index (χ4v) is 4.31. The molecule has 0 saturated carbocycles. The summed E-state index contributed by atoms with van der Waals surface area (Å²) in [5.74, 6) is -6.79. The number of nitrogens with one attached hydrogen (secondary N) is 7. The maximum absolute atomic E-state index is 13.4. The van der Waals surface area contributed by atoms with E-state index in [0.717, 1.165) is 0 Å². The SMILES string of the molecule is CC(=O)N[C@@H](Cc1cnc[nH]1)C(=O)N[C@H](C(=O)N[C@H](C(=O)N[C@H](C(=O)NCC(=O)N[C@H](C(=O)O)[C@@H](C)O)C(C)C)C(C)C)C(C)C. The highest BCUT2D eigenvalue weighted by atomic mass is 16.4. The van der Waals surface area contributed by atoms with E-state index < -0.39 is 102 Å². The van der Waals surface area contributed by atoms with Crippen molar-refractivity contribution in [2.45, 2.75) is 98.1 Å². The van der Waals surface area contributed by atoms with Gasteiger partial charge in [0, 0.05) is 25.2 Å². The number of carboxylic acids is 1. The zero-order valence-corrected chi connectivity index (χ0v) is 27.5. The Kier molecular flexibility index (Phi) is 15.8. The average Bonchev–Trinajstić information content (AvgIpc) is 3.46. The zero-order chi connectivity index (χ0) is 35.3. The van der Waals surface area contributed by atoms with Crippen LogP contribution in [0.3, 0.4) is 0 Å². The first-order valence-corrected chi connectivity index (χ1v) is 15.0. The summed E-state index contributed by atoms with van der Waals surface area (Å²) in [6.45, 7) is 11.9. The summed E-state index contributed by atoms with van der Waals surface area (Å²) in [7, 11) is 0. The number of imidazole rings is 1. The molecule has 1 rings (SSSR count). The molecule has 0 saturated heterocycles. The van der Waals surface area contributed by atoms with Crippen molar-refractivity contribution < 1.29 is 43.8 Å². The van der Waals surface area contributed by atoms with Crippen molar-refractivity contribution in [3.63, 3.8) is 0 Å². The number of H-pyrrole nitrogens is 1. The Balaban J connectivity index is 2.99. The van der Waals surface area contributed by atoms with Gasteiger partial charge >= 0.3 is 5.97 Å². The number of aliphatic carboxylic acids is 1. The molecular weight excluding hydrogens is 604 g/mol. The molecule has 1 aromatic heterocycles. The predicted molar refractivity (Wildman–Crippen MR) is 164 cm³/mol. The molecule has 0 aliphatic carbocycles. The summed E-state index contributed by atoms with van der Waals surface area (Å²) >= 11 is 0. The van der Waals surface area contributed by atoms with Gasteiger partial charge < -0.3 is 47.1 Å². The minimum Gasteiger partial charge on any atom is -0.480 e. The van der Waals surface area contributed by atoms with Crippen LogP contribution in [0.15, 0.2) is 12.5 Å². The van der Waals surface area contributed by atoms with Crippen molar-refractivity contribution in [1.82, 2.24) is 41.9 Å². The van der Waals surface area contributed by atoms with E-state index >= 15 is 0 Å². The van der Waals surface area contributed by atoms with Crippen LogP contribution in [-0.4, -0.2) is 104 Å². The molecule has 0 aliphatic heterocycles. The zero-order valence-electron chi connectivity index (χ0n) is 27.5. The van der Waals surface area contributed by atoms with Gasteiger partial charge in [-0.05, 0) is 24.7 Å². The van der Waals surface area contributed by atoms with Crippen molar-refractivity contribution in [1.29, 1.82) is 0 Å². The van der Waals surface area contributed by atoms with E-state index in [1.54, 1.807) is 41.5 Å². The van der Waals surface area contributed by atoms with Crippen LogP contribution < -0.4 is 31.9 Å². The maximum atomic E-state index is 13.4. The second kappa shape index (κ2) is 18.4. The van der Waals surface area contributed by atoms with Gasteiger partial charge in [-0.25, -0.2) is 9.78 Å². The first-order chi connectivity index (χ1) is 21.3. The lowest BCUT2D eigenvalue weighted by Gasteiger charge is -2.30. The van der Waals surface area contributed by atoms with Gasteiger partial charge in [-0.1, -0.05) is 41.5 Å². The molecule has 1 aromatic rings. The second-order valence-corrected chi connectivity index (χ2v) is 12.1. The Morgan fingerprint density at radius 3 is 1.59 bits per heavy atom. The minimum absolute atomic E-state index is 0.0931. The van der Waals surface area contributed by atoms with Crippen molar-refractivity contribution in [3.8, 4) is 0 Å². The lowest BCUT2D eigenvalue weighted by Crippen LogP contribution is -2.61. The molecule has 258 valence electrons. The number of hydrogen-bond acceptors (Lipinski definition) is 9. The number of aromatic nitrogens is 2. The monoisotopic (exact) mass is 652 g/mol. The van der Waals surface area contributed by atoms with Gasteiger partial charge in [0.05, 0.1) is 19.0 Å². The standard InChI is InChI=1S/C29H48N8O9/c1-13(2)21(26(42)31-11-20(40)34-24(16(7)38)29(45)46)36-28(44)23(15(5)6)37-27(43)22(14(3)4)35-25(41)19(33-17(8)39)9-18-10-30-12-32-18/h10,12-16,19,21-24,38H,9,11H2,1-8H3,(H,30,32)(H,31,42)(H,33,39)(H,34,40)(H,35,41)(H,36,44)(H,37,43)(H,45,46)/t16-,19+,21+,22+,23+,24+/m1/s1. The van der Waals surface area contributed by atoms with Gasteiger partial charge in [0.25, 0.3) is 0 Å². The first-order valence-electron chi connectivity index (χ1n) is 15.0. The van der Waals surface area contributed by atoms with Gasteiger partial charge in [-0.15, -0.1) is 0 Å². The summed E-state index contributed by atoms with van der Waals surface area (Å²) in [5, 5.41) is 33.6. The van der Waals surface area contributed by atoms with E-state index in [0.29, 0.717) is 5.69 Å². The topological polar surface area (TPSA) is 261 Å². The van der Waals surface area contributed by atoms with E-state index in [1.165, 1.54) is 26.4 Å². The van der Waals surface area contributed by atoms with Gasteiger partial charge in [-0.3, -0.25) is 28.8 Å². The molecule has 0 spiro atoms. The Hall–Kier alpha value is -4.54. The van der Waals surface area contributed by atoms with Crippen molar-refractivity contribution in [2.75, 3.05) is 6.54 Å². The molecule has 0 aromatic carbocycles. The highest BCUT2D eigenvalue weighted by molar-refractivity contribution is 5.96. The Labute approximate surface area is 267 Å². The normalized spacial score (nSPS) is 15.1. The van der Waals surface area contributed by atoms with Crippen LogP contribution in [0.2, 0.25) is 0 Å². The van der Waals surface area contributed by atoms with Crippen LogP contribution in [0.25, 0.3) is 0 Å². The highest BCUT2D eigenvalue weighted by Crippen LogP contribution is 2.10. The van der Waals surface area contributed by atoms with Crippen molar-refractivity contribution in [3.05, 3.63) is 18.2 Å². The molecule has 1 heterocycles. The Morgan fingerprint density at radius 1 is 0.717 bits per heavy atom. The van der Waals surface area contributed by atoms with E-state index in [2.05, 4.69) is 41.9 Å². The van der Waals surface area contributed by atoms with Gasteiger partial charge in [-0.2, -0.15) is 0 Å². The summed E-state index contributed by atoms with van der Waals surface area (Å²) < 4.78 is 0. The van der Waals surface area contributed by atoms with Crippen LogP contribution >= 0.6 is 0 Å². The maximum Gasteiger partial charge on any atom is 0.328 e. The third-order valence-electron chi connectivity index (χ3n) is 6.90. The number of nitrogens with zero attached hydrogens (tertiary/aromatic N) is 1. The molecule has 0 bridgehead atoms. The number of carbonyl (C=O) groups excluding carboxylic acids is 6. The molecule has 46 heavy (non-hydrogen) atoms. The minimum atomic E-state index is -1.58. The fourth-order valence-electron chi connectivity index (χ4n) is 4.31. The molecule has 0 fully saturated rings. The van der Waals surface area contributed by atoms with E-state index in [9.17, 15) is 38.7 Å². The summed E-state index contributed by atoms with van der Waals surface area (Å²) in [6.07, 6.45) is 1.65. The fraction of sp³-hybridized carbons (Fsp3) is 0.655. The number of aliphatic hydroxyl groups excluding tert-OH is 1. The second-order valence-electron chi connectivity index (χ2n) is 12.1. The molecule has 0 radical (unpaired) electrons. The molecule has 0 aliphatic rings. The Bertz CT molecular complexity index is 1220. The van der Waals surface area contributed by atoms with Gasteiger partial charge in [0.1, 0.15) is 24.2 Å². The highest BCUT2D eigenvalue weighted by Gasteiger charge is 2.35. The molecule has 9 N–H and O–H groups in total.